The van der Waals surface area contributed by atoms with Crippen molar-refractivity contribution in [1.82, 2.24) is 10.6 Å². The molecule has 0 unspecified atom stereocenters. The normalized spacial score (nSPS) is 9.23. The van der Waals surface area contributed by atoms with Gasteiger partial charge in [-0.25, -0.2) is 0 Å². The van der Waals surface area contributed by atoms with Gasteiger partial charge in [0.15, 0.2) is 0 Å². The molecule has 0 bridgehead atoms. The number of carbonyl (C=O) groups is 1. The van der Waals surface area contributed by atoms with Crippen LogP contribution in [-0.2, 0) is 4.79 Å². The van der Waals surface area contributed by atoms with E-state index in [-0.39, 0.29) is 5.91 Å². The zero-order valence-electron chi connectivity index (χ0n) is 8.10. The summed E-state index contributed by atoms with van der Waals surface area (Å²) in [5.74, 6) is 0.0545. The maximum atomic E-state index is 11.0. The van der Waals surface area contributed by atoms with Crippen molar-refractivity contribution in [2.24, 2.45) is 0 Å². The number of nitriles is 1. The lowest BCUT2D eigenvalue weighted by Crippen LogP contribution is -2.28. The number of nitrogens with zero attached hydrogens (tertiary/aromatic N) is 1. The van der Waals surface area contributed by atoms with Gasteiger partial charge in [0.1, 0.15) is 0 Å². The standard InChI is InChI=1S/C9H17N3O/c1-2-11-8-5-9(13)12-7-4-3-6-10/h11H,2-5,7-8H2,1H3,(H,12,13). The molecule has 0 spiro atoms. The summed E-state index contributed by atoms with van der Waals surface area (Å²) < 4.78 is 0. The minimum absolute atomic E-state index is 0.0545. The maximum Gasteiger partial charge on any atom is 0.221 e. The van der Waals surface area contributed by atoms with Gasteiger partial charge in [-0.05, 0) is 13.0 Å². The molecule has 0 aliphatic heterocycles. The van der Waals surface area contributed by atoms with Gasteiger partial charge in [0.2, 0.25) is 5.91 Å². The van der Waals surface area contributed by atoms with E-state index >= 15 is 0 Å². The molecule has 13 heavy (non-hydrogen) atoms. The molecule has 0 aromatic carbocycles. The third-order valence-electron chi connectivity index (χ3n) is 1.57. The van der Waals surface area contributed by atoms with Crippen LogP contribution in [-0.4, -0.2) is 25.5 Å². The number of hydrogen-bond acceptors (Lipinski definition) is 3. The number of amides is 1. The highest BCUT2D eigenvalue weighted by Crippen LogP contribution is 1.84. The highest BCUT2D eigenvalue weighted by molar-refractivity contribution is 5.75. The monoisotopic (exact) mass is 183 g/mol. The molecule has 0 saturated carbocycles. The van der Waals surface area contributed by atoms with E-state index in [9.17, 15) is 4.79 Å². The van der Waals surface area contributed by atoms with Crippen molar-refractivity contribution in [3.05, 3.63) is 0 Å². The lowest BCUT2D eigenvalue weighted by Gasteiger charge is -2.03. The Morgan fingerprint density at radius 2 is 2.23 bits per heavy atom. The Morgan fingerprint density at radius 3 is 2.85 bits per heavy atom. The third-order valence-corrected chi connectivity index (χ3v) is 1.57. The lowest BCUT2D eigenvalue weighted by atomic mass is 10.3. The number of hydrogen-bond donors (Lipinski definition) is 2. The molecular weight excluding hydrogens is 166 g/mol. The highest BCUT2D eigenvalue weighted by atomic mass is 16.1. The largest absolute Gasteiger partial charge is 0.356 e. The second kappa shape index (κ2) is 9.01. The molecule has 0 fully saturated rings. The Labute approximate surface area is 79.3 Å². The first-order valence-corrected chi connectivity index (χ1v) is 4.65. The van der Waals surface area contributed by atoms with Gasteiger partial charge in [0.25, 0.3) is 0 Å². The van der Waals surface area contributed by atoms with Gasteiger partial charge in [-0.3, -0.25) is 4.79 Å². The first kappa shape index (κ1) is 11.9. The predicted octanol–water partition coefficient (Wildman–Crippen LogP) is 0.406. The van der Waals surface area contributed by atoms with Gasteiger partial charge in [-0.2, -0.15) is 5.26 Å². The van der Waals surface area contributed by atoms with Gasteiger partial charge in [-0.15, -0.1) is 0 Å². The summed E-state index contributed by atoms with van der Waals surface area (Å²) in [7, 11) is 0. The van der Waals surface area contributed by atoms with Crippen molar-refractivity contribution in [3.63, 3.8) is 0 Å². The van der Waals surface area contributed by atoms with Crippen LogP contribution in [0.5, 0.6) is 0 Å². The molecule has 4 heteroatoms. The third kappa shape index (κ3) is 8.83. The molecule has 0 aliphatic carbocycles. The van der Waals surface area contributed by atoms with Crippen LogP contribution in [0.25, 0.3) is 0 Å². The molecule has 0 atom stereocenters. The summed E-state index contributed by atoms with van der Waals surface area (Å²) in [5, 5.41) is 14.0. The fourth-order valence-corrected chi connectivity index (χ4v) is 0.862. The smallest absolute Gasteiger partial charge is 0.221 e. The van der Waals surface area contributed by atoms with Gasteiger partial charge in [-0.1, -0.05) is 6.92 Å². The molecule has 0 saturated heterocycles. The van der Waals surface area contributed by atoms with E-state index in [0.717, 1.165) is 19.5 Å². The van der Waals surface area contributed by atoms with Gasteiger partial charge in [0, 0.05) is 25.9 Å². The Morgan fingerprint density at radius 1 is 1.46 bits per heavy atom. The summed E-state index contributed by atoms with van der Waals surface area (Å²) in [5.41, 5.74) is 0. The van der Waals surface area contributed by atoms with E-state index in [4.69, 9.17) is 5.26 Å². The summed E-state index contributed by atoms with van der Waals surface area (Å²) in [6.45, 7) is 4.23. The Hall–Kier alpha value is -1.08. The number of nitrogens with one attached hydrogen (secondary N) is 2. The first-order valence-electron chi connectivity index (χ1n) is 4.65. The Kier molecular flexibility index (Phi) is 8.26. The average Bonchev–Trinajstić information content (AvgIpc) is 2.13. The second-order valence-corrected chi connectivity index (χ2v) is 2.72. The topological polar surface area (TPSA) is 64.9 Å². The van der Waals surface area contributed by atoms with E-state index in [1.807, 2.05) is 13.0 Å². The summed E-state index contributed by atoms with van der Waals surface area (Å²) >= 11 is 0. The molecule has 74 valence electrons. The van der Waals surface area contributed by atoms with Crippen molar-refractivity contribution >= 4 is 5.91 Å². The zero-order valence-corrected chi connectivity index (χ0v) is 8.10. The Balaban J connectivity index is 3.16. The van der Waals surface area contributed by atoms with Gasteiger partial charge >= 0.3 is 0 Å². The van der Waals surface area contributed by atoms with Crippen LogP contribution < -0.4 is 10.6 Å². The van der Waals surface area contributed by atoms with E-state index in [2.05, 4.69) is 10.6 Å². The minimum atomic E-state index is 0.0545. The van der Waals surface area contributed by atoms with Crippen molar-refractivity contribution in [2.45, 2.75) is 26.2 Å². The molecule has 0 rings (SSSR count). The number of unbranched alkanes of at least 4 members (excludes halogenated alkanes) is 1. The van der Waals surface area contributed by atoms with E-state index in [1.165, 1.54) is 0 Å². The molecule has 4 nitrogen and oxygen atoms in total. The fraction of sp³-hybridized carbons (Fsp3) is 0.778. The van der Waals surface area contributed by atoms with Crippen LogP contribution in [0.15, 0.2) is 0 Å². The van der Waals surface area contributed by atoms with E-state index in [0.29, 0.717) is 19.4 Å². The van der Waals surface area contributed by atoms with Crippen molar-refractivity contribution in [2.75, 3.05) is 19.6 Å². The highest BCUT2D eigenvalue weighted by Gasteiger charge is 1.98. The van der Waals surface area contributed by atoms with Crippen molar-refractivity contribution in [3.8, 4) is 6.07 Å². The van der Waals surface area contributed by atoms with Crippen molar-refractivity contribution in [1.29, 1.82) is 5.26 Å². The molecular formula is C9H17N3O. The molecule has 1 amide bonds. The summed E-state index contributed by atoms with van der Waals surface area (Å²) in [6.07, 6.45) is 1.76. The summed E-state index contributed by atoms with van der Waals surface area (Å²) in [4.78, 5) is 11.0. The number of rotatable bonds is 7. The zero-order chi connectivity index (χ0) is 9.94. The first-order chi connectivity index (χ1) is 6.31. The number of carbonyl (C=O) groups excluding carboxylic acids is 1. The van der Waals surface area contributed by atoms with Gasteiger partial charge in [0.05, 0.1) is 6.07 Å². The van der Waals surface area contributed by atoms with E-state index < -0.39 is 0 Å². The Bertz CT molecular complexity index is 174. The second-order valence-electron chi connectivity index (χ2n) is 2.72. The quantitative estimate of drug-likeness (QED) is 0.562. The molecule has 0 heterocycles. The predicted molar refractivity (Wildman–Crippen MR) is 51.0 cm³/mol. The molecule has 0 aliphatic rings. The molecule has 0 radical (unpaired) electrons. The minimum Gasteiger partial charge on any atom is -0.356 e. The molecule has 0 aromatic heterocycles. The van der Waals surface area contributed by atoms with Crippen LogP contribution in [0.4, 0.5) is 0 Å². The fourth-order valence-electron chi connectivity index (χ4n) is 0.862. The van der Waals surface area contributed by atoms with Crippen LogP contribution in [0.2, 0.25) is 0 Å². The summed E-state index contributed by atoms with van der Waals surface area (Å²) in [6, 6.07) is 2.03. The average molecular weight is 183 g/mol. The lowest BCUT2D eigenvalue weighted by molar-refractivity contribution is -0.120. The molecule has 0 aromatic rings. The van der Waals surface area contributed by atoms with Gasteiger partial charge < -0.3 is 10.6 Å². The van der Waals surface area contributed by atoms with Crippen LogP contribution >= 0.6 is 0 Å². The van der Waals surface area contributed by atoms with Crippen LogP contribution in [0.1, 0.15) is 26.2 Å². The maximum absolute atomic E-state index is 11.0. The van der Waals surface area contributed by atoms with E-state index in [1.54, 1.807) is 0 Å². The van der Waals surface area contributed by atoms with Crippen LogP contribution in [0.3, 0.4) is 0 Å². The van der Waals surface area contributed by atoms with Crippen molar-refractivity contribution < 1.29 is 4.79 Å². The SMILES string of the molecule is CCNCCC(=O)NCCCC#N. The van der Waals surface area contributed by atoms with Crippen LogP contribution in [0, 0.1) is 11.3 Å². The molecule has 2 N–H and O–H groups in total.